The van der Waals surface area contributed by atoms with Crippen LogP contribution in [0.2, 0.25) is 0 Å². The van der Waals surface area contributed by atoms with Crippen LogP contribution < -0.4 is 10.6 Å². The van der Waals surface area contributed by atoms with Crippen molar-refractivity contribution >= 4 is 24.8 Å². The highest BCUT2D eigenvalue weighted by molar-refractivity contribution is 6.43. The van der Waals surface area contributed by atoms with Gasteiger partial charge in [0.05, 0.1) is 12.0 Å². The molecule has 1 unspecified atom stereocenters. The fourth-order valence-corrected chi connectivity index (χ4v) is 4.66. The van der Waals surface area contributed by atoms with Crippen molar-refractivity contribution in [2.24, 2.45) is 0 Å². The number of likely N-dealkylation sites (N-methyl/N-ethyl adjacent to an activating group) is 1. The zero-order valence-corrected chi connectivity index (χ0v) is 18.7. The predicted molar refractivity (Wildman–Crippen MR) is 120 cm³/mol. The second-order valence-electron chi connectivity index (χ2n) is 8.61. The Bertz CT molecular complexity index is 809. The Balaban J connectivity index is 1.61. The van der Waals surface area contributed by atoms with Crippen molar-refractivity contribution in [1.82, 2.24) is 20.4 Å². The molecular formula is C22H33BN4O5. The predicted octanol–water partition coefficient (Wildman–Crippen LogP) is -0.684. The van der Waals surface area contributed by atoms with Crippen molar-refractivity contribution in [3.63, 3.8) is 0 Å². The minimum Gasteiger partial charge on any atom is -0.426 e. The summed E-state index contributed by atoms with van der Waals surface area (Å²) in [4.78, 5) is 42.0. The van der Waals surface area contributed by atoms with Gasteiger partial charge in [-0.3, -0.25) is 14.4 Å². The second-order valence-corrected chi connectivity index (χ2v) is 8.61. The van der Waals surface area contributed by atoms with E-state index in [-0.39, 0.29) is 17.7 Å². The van der Waals surface area contributed by atoms with Gasteiger partial charge in [0.1, 0.15) is 12.1 Å². The van der Waals surface area contributed by atoms with E-state index in [1.165, 1.54) is 4.90 Å². The van der Waals surface area contributed by atoms with Gasteiger partial charge in [0.25, 0.3) is 0 Å². The van der Waals surface area contributed by atoms with Gasteiger partial charge >= 0.3 is 7.12 Å². The van der Waals surface area contributed by atoms with Crippen molar-refractivity contribution in [1.29, 1.82) is 0 Å². The van der Waals surface area contributed by atoms with Gasteiger partial charge in [-0.2, -0.15) is 0 Å². The first-order valence-corrected chi connectivity index (χ1v) is 11.3. The summed E-state index contributed by atoms with van der Waals surface area (Å²) in [5, 5.41) is 24.8. The van der Waals surface area contributed by atoms with Gasteiger partial charge in [0.15, 0.2) is 0 Å². The summed E-state index contributed by atoms with van der Waals surface area (Å²) in [7, 11) is 0.134. The lowest BCUT2D eigenvalue weighted by molar-refractivity contribution is -0.141. The summed E-state index contributed by atoms with van der Waals surface area (Å²) in [6.45, 7) is 2.52. The molecule has 2 saturated heterocycles. The average molecular weight is 444 g/mol. The molecule has 2 fully saturated rings. The van der Waals surface area contributed by atoms with Crippen LogP contribution in [0.1, 0.15) is 38.2 Å². The quantitative estimate of drug-likeness (QED) is 0.394. The highest BCUT2D eigenvalue weighted by Gasteiger charge is 2.41. The van der Waals surface area contributed by atoms with Gasteiger partial charge in [-0.1, -0.05) is 30.3 Å². The number of amides is 3. The molecule has 2 heterocycles. The van der Waals surface area contributed by atoms with Gasteiger partial charge < -0.3 is 30.5 Å². The van der Waals surface area contributed by atoms with Crippen LogP contribution in [0.3, 0.4) is 0 Å². The van der Waals surface area contributed by atoms with Crippen molar-refractivity contribution < 1.29 is 24.4 Å². The summed E-state index contributed by atoms with van der Waals surface area (Å²) < 4.78 is 0. The topological polar surface area (TPSA) is 122 Å². The molecule has 9 nitrogen and oxygen atoms in total. The Morgan fingerprint density at radius 2 is 1.72 bits per heavy atom. The number of nitrogens with zero attached hydrogens (tertiary/aromatic N) is 2. The van der Waals surface area contributed by atoms with Crippen LogP contribution in [0.15, 0.2) is 30.3 Å². The van der Waals surface area contributed by atoms with E-state index < -0.39 is 31.2 Å². The summed E-state index contributed by atoms with van der Waals surface area (Å²) in [6.07, 6.45) is 2.99. The zero-order valence-electron chi connectivity index (χ0n) is 18.7. The first-order valence-electron chi connectivity index (χ1n) is 11.3. The molecule has 2 aliphatic heterocycles. The summed E-state index contributed by atoms with van der Waals surface area (Å²) in [5.41, 5.74) is 1.03. The van der Waals surface area contributed by atoms with E-state index in [4.69, 9.17) is 0 Å². The smallest absolute Gasteiger partial charge is 0.426 e. The van der Waals surface area contributed by atoms with Crippen LogP contribution in [0, 0.1) is 0 Å². The van der Waals surface area contributed by atoms with Crippen LogP contribution in [0.4, 0.5) is 0 Å². The number of likely N-dealkylation sites (tertiary alicyclic amines) is 2. The molecule has 0 radical (unpaired) electrons. The van der Waals surface area contributed by atoms with Crippen LogP contribution >= 0.6 is 0 Å². The minimum absolute atomic E-state index is 0.129. The third-order valence-electron chi connectivity index (χ3n) is 6.42. The minimum atomic E-state index is -1.60. The van der Waals surface area contributed by atoms with Gasteiger partial charge in [-0.15, -0.1) is 0 Å². The highest BCUT2D eigenvalue weighted by Crippen LogP contribution is 2.21. The Morgan fingerprint density at radius 3 is 2.38 bits per heavy atom. The van der Waals surface area contributed by atoms with Crippen LogP contribution in [0.25, 0.3) is 0 Å². The van der Waals surface area contributed by atoms with E-state index in [1.807, 2.05) is 30.3 Å². The molecule has 4 atom stereocenters. The monoisotopic (exact) mass is 444 g/mol. The standard InChI is InChI=1S/C22H33BN4O5/c1-15(21(29)27-13-7-11-19(27)23(31)32)25-20(28)18-10-6-12-26(18)22(30)17(24-2)14-16-8-4-3-5-9-16/h3-5,8-9,15,17-19,24,31-32H,6-7,10-14H2,1-2H3,(H,25,28)/t15-,17?,18-,19-/m0/s1. The number of rotatable bonds is 8. The van der Waals surface area contributed by atoms with E-state index in [9.17, 15) is 24.4 Å². The summed E-state index contributed by atoms with van der Waals surface area (Å²) in [6, 6.07) is 7.83. The van der Waals surface area contributed by atoms with Gasteiger partial charge in [0.2, 0.25) is 17.7 Å². The number of hydrogen-bond donors (Lipinski definition) is 4. The number of carbonyl (C=O) groups excluding carboxylic acids is 3. The Hall–Kier alpha value is -2.43. The maximum absolute atomic E-state index is 13.2. The Labute approximate surface area is 189 Å². The van der Waals surface area contributed by atoms with E-state index in [0.717, 1.165) is 12.0 Å². The SMILES string of the molecule is CNC(Cc1ccccc1)C(=O)N1CCC[C@H]1C(=O)N[C@@H](C)C(=O)N1CCC[C@H]1B(O)O. The van der Waals surface area contributed by atoms with E-state index in [1.54, 1.807) is 18.9 Å². The van der Waals surface area contributed by atoms with Gasteiger partial charge in [-0.25, -0.2) is 0 Å². The third kappa shape index (κ3) is 5.49. The second kappa shape index (κ2) is 10.9. The maximum atomic E-state index is 13.2. The van der Waals surface area contributed by atoms with E-state index in [2.05, 4.69) is 10.6 Å². The summed E-state index contributed by atoms with van der Waals surface area (Å²) >= 11 is 0. The Morgan fingerprint density at radius 1 is 1.06 bits per heavy atom. The number of benzene rings is 1. The number of hydrogen-bond acceptors (Lipinski definition) is 6. The average Bonchev–Trinajstić information content (AvgIpc) is 3.47. The molecule has 0 aromatic heterocycles. The van der Waals surface area contributed by atoms with E-state index >= 15 is 0 Å². The molecule has 2 aliphatic rings. The molecule has 1 aromatic rings. The molecule has 0 spiro atoms. The molecular weight excluding hydrogens is 411 g/mol. The molecule has 3 rings (SSSR count). The van der Waals surface area contributed by atoms with Crippen molar-refractivity contribution in [2.75, 3.05) is 20.1 Å². The molecule has 3 amide bonds. The molecule has 0 saturated carbocycles. The van der Waals surface area contributed by atoms with Gasteiger partial charge in [-0.05, 0) is 51.6 Å². The molecule has 0 aliphatic carbocycles. The lowest BCUT2D eigenvalue weighted by Crippen LogP contribution is -2.57. The normalized spacial score (nSPS) is 22.5. The lowest BCUT2D eigenvalue weighted by Gasteiger charge is -2.30. The zero-order chi connectivity index (χ0) is 23.3. The Kier molecular flexibility index (Phi) is 8.28. The first-order chi connectivity index (χ1) is 15.3. The van der Waals surface area contributed by atoms with Crippen LogP contribution in [-0.2, 0) is 20.8 Å². The molecule has 32 heavy (non-hydrogen) atoms. The largest absolute Gasteiger partial charge is 0.475 e. The van der Waals surface area contributed by atoms with Crippen LogP contribution in [-0.4, -0.2) is 88.9 Å². The molecule has 1 aromatic carbocycles. The van der Waals surface area contributed by atoms with Gasteiger partial charge in [0, 0.05) is 13.1 Å². The third-order valence-corrected chi connectivity index (χ3v) is 6.42. The first kappa shape index (κ1) is 24.2. The highest BCUT2D eigenvalue weighted by atomic mass is 16.4. The molecule has 4 N–H and O–H groups in total. The fraction of sp³-hybridized carbons (Fsp3) is 0.591. The molecule has 0 bridgehead atoms. The van der Waals surface area contributed by atoms with Crippen LogP contribution in [0.5, 0.6) is 0 Å². The van der Waals surface area contributed by atoms with E-state index in [0.29, 0.717) is 38.8 Å². The fourth-order valence-electron chi connectivity index (χ4n) is 4.66. The van der Waals surface area contributed by atoms with Crippen molar-refractivity contribution in [3.8, 4) is 0 Å². The summed E-state index contributed by atoms with van der Waals surface area (Å²) in [5.74, 6) is -1.48. The van der Waals surface area contributed by atoms with Crippen molar-refractivity contribution in [3.05, 3.63) is 35.9 Å². The molecule has 10 heteroatoms. The maximum Gasteiger partial charge on any atom is 0.475 e. The van der Waals surface area contributed by atoms with Crippen molar-refractivity contribution in [2.45, 2.75) is 63.1 Å². The number of carbonyl (C=O) groups is 3. The lowest BCUT2D eigenvalue weighted by atomic mass is 9.78. The number of nitrogens with one attached hydrogen (secondary N) is 2. The molecule has 174 valence electrons.